The predicted molar refractivity (Wildman–Crippen MR) is 73.2 cm³/mol. The summed E-state index contributed by atoms with van der Waals surface area (Å²) in [6.45, 7) is 10.6. The van der Waals surface area contributed by atoms with Crippen molar-refractivity contribution in [1.82, 2.24) is 4.90 Å². The highest BCUT2D eigenvalue weighted by Gasteiger charge is 2.31. The second-order valence-electron chi connectivity index (χ2n) is 5.83. The number of nitrogens with two attached hydrogens (primary N) is 1. The van der Waals surface area contributed by atoms with Gasteiger partial charge in [-0.05, 0) is 18.3 Å². The molecule has 1 amide bonds. The summed E-state index contributed by atoms with van der Waals surface area (Å²) in [6.07, 6.45) is 2.07. The van der Waals surface area contributed by atoms with Crippen molar-refractivity contribution >= 4 is 5.91 Å². The van der Waals surface area contributed by atoms with E-state index < -0.39 is 0 Å². The number of likely N-dealkylation sites (tertiary alicyclic amines) is 1. The van der Waals surface area contributed by atoms with E-state index in [0.717, 1.165) is 26.0 Å². The second kappa shape index (κ2) is 7.10. The number of amides is 1. The van der Waals surface area contributed by atoms with Crippen LogP contribution in [0.3, 0.4) is 0 Å². The average Bonchev–Trinajstić information content (AvgIpc) is 2.82. The van der Waals surface area contributed by atoms with Gasteiger partial charge < -0.3 is 15.4 Å². The fourth-order valence-electron chi connectivity index (χ4n) is 2.10. The molecule has 1 aliphatic rings. The maximum absolute atomic E-state index is 12.2. The zero-order valence-electron chi connectivity index (χ0n) is 12.2. The SMILES string of the molecule is CCC(C)C(N)C(=O)N1CCC(OCC(C)C)C1. The Morgan fingerprint density at radius 1 is 1.44 bits per heavy atom. The van der Waals surface area contributed by atoms with Crippen LogP contribution in [0.2, 0.25) is 0 Å². The Bertz CT molecular complexity index is 269. The minimum absolute atomic E-state index is 0.0833. The van der Waals surface area contributed by atoms with Crippen LogP contribution in [0, 0.1) is 11.8 Å². The first-order valence-electron chi connectivity index (χ1n) is 7.11. The second-order valence-corrected chi connectivity index (χ2v) is 5.83. The van der Waals surface area contributed by atoms with Crippen molar-refractivity contribution in [2.24, 2.45) is 17.6 Å². The molecule has 4 nitrogen and oxygen atoms in total. The molecule has 0 aromatic carbocycles. The zero-order valence-corrected chi connectivity index (χ0v) is 12.2. The Morgan fingerprint density at radius 2 is 2.11 bits per heavy atom. The third kappa shape index (κ3) is 4.25. The first-order valence-corrected chi connectivity index (χ1v) is 7.11. The molecule has 1 rings (SSSR count). The van der Waals surface area contributed by atoms with E-state index in [1.165, 1.54) is 0 Å². The van der Waals surface area contributed by atoms with Crippen LogP contribution >= 0.6 is 0 Å². The molecular formula is C14H28N2O2. The lowest BCUT2D eigenvalue weighted by Crippen LogP contribution is -2.46. The van der Waals surface area contributed by atoms with Crippen molar-refractivity contribution < 1.29 is 9.53 Å². The van der Waals surface area contributed by atoms with Crippen LogP contribution in [-0.2, 0) is 9.53 Å². The van der Waals surface area contributed by atoms with Crippen molar-refractivity contribution in [3.05, 3.63) is 0 Å². The van der Waals surface area contributed by atoms with Gasteiger partial charge in [0.1, 0.15) is 0 Å². The smallest absolute Gasteiger partial charge is 0.239 e. The summed E-state index contributed by atoms with van der Waals surface area (Å²) in [5, 5.41) is 0. The van der Waals surface area contributed by atoms with Gasteiger partial charge in [0.2, 0.25) is 5.91 Å². The van der Waals surface area contributed by atoms with Crippen LogP contribution < -0.4 is 5.73 Å². The van der Waals surface area contributed by atoms with Gasteiger partial charge in [-0.1, -0.05) is 34.1 Å². The van der Waals surface area contributed by atoms with Crippen LogP contribution in [0.1, 0.15) is 40.5 Å². The molecule has 0 saturated carbocycles. The first-order chi connectivity index (χ1) is 8.45. The Balaban J connectivity index is 2.39. The number of carbonyl (C=O) groups excluding carboxylic acids is 1. The van der Waals surface area contributed by atoms with Crippen molar-refractivity contribution in [2.45, 2.75) is 52.7 Å². The number of rotatable bonds is 6. The summed E-state index contributed by atoms with van der Waals surface area (Å²) < 4.78 is 5.78. The molecule has 0 aromatic rings. The molecule has 3 unspecified atom stereocenters. The molecule has 0 spiro atoms. The minimum atomic E-state index is -0.362. The van der Waals surface area contributed by atoms with Gasteiger partial charge in [0.25, 0.3) is 0 Å². The van der Waals surface area contributed by atoms with E-state index in [-0.39, 0.29) is 24.0 Å². The molecule has 3 atom stereocenters. The largest absolute Gasteiger partial charge is 0.376 e. The van der Waals surface area contributed by atoms with Crippen LogP contribution in [0.5, 0.6) is 0 Å². The maximum atomic E-state index is 12.2. The lowest BCUT2D eigenvalue weighted by molar-refractivity contribution is -0.133. The van der Waals surface area contributed by atoms with Crippen LogP contribution in [0.4, 0.5) is 0 Å². The van der Waals surface area contributed by atoms with Gasteiger partial charge in [0, 0.05) is 19.7 Å². The number of hydrogen-bond donors (Lipinski definition) is 1. The third-order valence-electron chi connectivity index (χ3n) is 3.66. The molecule has 1 heterocycles. The van der Waals surface area contributed by atoms with Crippen molar-refractivity contribution in [2.75, 3.05) is 19.7 Å². The number of hydrogen-bond acceptors (Lipinski definition) is 3. The van der Waals surface area contributed by atoms with Crippen LogP contribution in [0.25, 0.3) is 0 Å². The quantitative estimate of drug-likeness (QED) is 0.786. The van der Waals surface area contributed by atoms with E-state index in [1.807, 2.05) is 11.8 Å². The maximum Gasteiger partial charge on any atom is 0.239 e. The normalized spacial score (nSPS) is 23.4. The van der Waals surface area contributed by atoms with E-state index in [9.17, 15) is 4.79 Å². The Morgan fingerprint density at radius 3 is 2.67 bits per heavy atom. The number of nitrogens with zero attached hydrogens (tertiary/aromatic N) is 1. The molecule has 1 fully saturated rings. The molecule has 1 aliphatic heterocycles. The fourth-order valence-corrected chi connectivity index (χ4v) is 2.10. The molecule has 18 heavy (non-hydrogen) atoms. The summed E-state index contributed by atoms with van der Waals surface area (Å²) in [5.41, 5.74) is 5.99. The Labute approximate surface area is 111 Å². The van der Waals surface area contributed by atoms with E-state index in [0.29, 0.717) is 12.5 Å². The molecule has 4 heteroatoms. The molecule has 0 bridgehead atoms. The van der Waals surface area contributed by atoms with Gasteiger partial charge in [0.15, 0.2) is 0 Å². The fraction of sp³-hybridized carbons (Fsp3) is 0.929. The average molecular weight is 256 g/mol. The summed E-state index contributed by atoms with van der Waals surface area (Å²) >= 11 is 0. The lowest BCUT2D eigenvalue weighted by Gasteiger charge is -2.24. The third-order valence-corrected chi connectivity index (χ3v) is 3.66. The lowest BCUT2D eigenvalue weighted by atomic mass is 9.99. The highest BCUT2D eigenvalue weighted by molar-refractivity contribution is 5.82. The number of ether oxygens (including phenoxy) is 1. The van der Waals surface area contributed by atoms with Crippen molar-refractivity contribution in [3.63, 3.8) is 0 Å². The van der Waals surface area contributed by atoms with Gasteiger partial charge >= 0.3 is 0 Å². The van der Waals surface area contributed by atoms with Gasteiger partial charge in [-0.25, -0.2) is 0 Å². The zero-order chi connectivity index (χ0) is 13.7. The molecule has 106 valence electrons. The van der Waals surface area contributed by atoms with Crippen molar-refractivity contribution in [1.29, 1.82) is 0 Å². The summed E-state index contributed by atoms with van der Waals surface area (Å²) in [4.78, 5) is 14.0. The molecule has 1 saturated heterocycles. The monoisotopic (exact) mass is 256 g/mol. The molecule has 2 N–H and O–H groups in total. The van der Waals surface area contributed by atoms with Gasteiger partial charge in [-0.15, -0.1) is 0 Å². The summed E-state index contributed by atoms with van der Waals surface area (Å²) in [7, 11) is 0. The van der Waals surface area contributed by atoms with Gasteiger partial charge in [-0.3, -0.25) is 4.79 Å². The molecule has 0 aliphatic carbocycles. The van der Waals surface area contributed by atoms with Gasteiger partial charge in [0.05, 0.1) is 12.1 Å². The van der Waals surface area contributed by atoms with E-state index in [2.05, 4.69) is 20.8 Å². The Hall–Kier alpha value is -0.610. The number of carbonyl (C=O) groups is 1. The summed E-state index contributed by atoms with van der Waals surface area (Å²) in [5.74, 6) is 0.866. The van der Waals surface area contributed by atoms with Crippen LogP contribution in [-0.4, -0.2) is 42.6 Å². The van der Waals surface area contributed by atoms with E-state index in [1.54, 1.807) is 0 Å². The Kier molecular flexibility index (Phi) is 6.09. The topological polar surface area (TPSA) is 55.6 Å². The highest BCUT2D eigenvalue weighted by Crippen LogP contribution is 2.17. The van der Waals surface area contributed by atoms with Crippen molar-refractivity contribution in [3.8, 4) is 0 Å². The minimum Gasteiger partial charge on any atom is -0.376 e. The summed E-state index contributed by atoms with van der Waals surface area (Å²) in [6, 6.07) is -0.362. The molecular weight excluding hydrogens is 228 g/mol. The van der Waals surface area contributed by atoms with E-state index >= 15 is 0 Å². The van der Waals surface area contributed by atoms with E-state index in [4.69, 9.17) is 10.5 Å². The van der Waals surface area contributed by atoms with Crippen LogP contribution in [0.15, 0.2) is 0 Å². The molecule has 0 aromatic heterocycles. The molecule has 0 radical (unpaired) electrons. The standard InChI is InChI=1S/C14H28N2O2/c1-5-11(4)13(15)14(17)16-7-6-12(8-16)18-9-10(2)3/h10-13H,5-9,15H2,1-4H3. The predicted octanol–water partition coefficient (Wildman–Crippen LogP) is 1.63. The first kappa shape index (κ1) is 15.4. The van der Waals surface area contributed by atoms with Gasteiger partial charge in [-0.2, -0.15) is 0 Å². The highest BCUT2D eigenvalue weighted by atomic mass is 16.5.